The first-order valence-electron chi connectivity index (χ1n) is 10.7. The molecule has 1 amide bonds. The molecule has 0 radical (unpaired) electrons. The quantitative estimate of drug-likeness (QED) is 0.399. The summed E-state index contributed by atoms with van der Waals surface area (Å²) in [5.41, 5.74) is 2.84. The zero-order chi connectivity index (χ0) is 23.2. The molecule has 7 nitrogen and oxygen atoms in total. The molecular formula is C24H26FIN3O4-. The van der Waals surface area contributed by atoms with E-state index in [2.05, 4.69) is 13.4 Å². The summed E-state index contributed by atoms with van der Waals surface area (Å²) in [6.45, 7) is 3.51. The molecule has 1 saturated heterocycles. The number of aliphatic hydroxyl groups is 1. The number of rotatable bonds is 8. The van der Waals surface area contributed by atoms with Crippen LogP contribution >= 0.6 is 0 Å². The molecular weight excluding hydrogens is 540 g/mol. The first-order valence-corrected chi connectivity index (χ1v) is 12.7. The molecule has 1 atom stereocenters. The van der Waals surface area contributed by atoms with E-state index in [-0.39, 0.29) is 18.3 Å². The molecule has 0 bridgehead atoms. The van der Waals surface area contributed by atoms with Gasteiger partial charge in [0.15, 0.2) is 0 Å². The van der Waals surface area contributed by atoms with Gasteiger partial charge in [0.05, 0.1) is 0 Å². The molecule has 0 aromatic heterocycles. The van der Waals surface area contributed by atoms with E-state index in [1.54, 1.807) is 18.2 Å². The van der Waals surface area contributed by atoms with Crippen LogP contribution in [0.1, 0.15) is 21.5 Å². The fourth-order valence-electron chi connectivity index (χ4n) is 3.70. The van der Waals surface area contributed by atoms with E-state index < -0.39 is 27.6 Å². The third-order valence-corrected chi connectivity index (χ3v) is 7.59. The molecule has 33 heavy (non-hydrogen) atoms. The van der Waals surface area contributed by atoms with E-state index in [0.717, 1.165) is 33.5 Å². The number of hydrogen-bond acceptors (Lipinski definition) is 6. The number of carbonyl (C=O) groups is 1. The van der Waals surface area contributed by atoms with Crippen molar-refractivity contribution < 1.29 is 45.2 Å². The van der Waals surface area contributed by atoms with Gasteiger partial charge < -0.3 is 4.74 Å². The molecule has 4 rings (SSSR count). The second-order valence-corrected chi connectivity index (χ2v) is 9.85. The number of halogens is 2. The maximum absolute atomic E-state index is 13.2. The summed E-state index contributed by atoms with van der Waals surface area (Å²) >= 11 is -0.581. The van der Waals surface area contributed by atoms with E-state index in [4.69, 9.17) is 9.47 Å². The number of carbonyl (C=O) groups excluding carboxylic acids is 1. The van der Waals surface area contributed by atoms with E-state index in [1.807, 2.05) is 18.2 Å². The van der Waals surface area contributed by atoms with Gasteiger partial charge in [-0.25, -0.2) is 0 Å². The fourth-order valence-corrected chi connectivity index (χ4v) is 5.73. The van der Waals surface area contributed by atoms with Crippen LogP contribution in [-0.2, 0) is 4.74 Å². The summed E-state index contributed by atoms with van der Waals surface area (Å²) in [6, 6.07) is 9.89. The van der Waals surface area contributed by atoms with Crippen LogP contribution in [0.15, 0.2) is 45.7 Å². The second kappa shape index (κ2) is 11.2. The first kappa shape index (κ1) is 23.8. The van der Waals surface area contributed by atoms with Crippen LogP contribution in [0.25, 0.3) is 6.08 Å². The third kappa shape index (κ3) is 5.97. The predicted molar refractivity (Wildman–Crippen MR) is 119 cm³/mol. The summed E-state index contributed by atoms with van der Waals surface area (Å²) in [6.07, 6.45) is 3.06. The Kier molecular flexibility index (Phi) is 8.07. The van der Waals surface area contributed by atoms with Crippen molar-refractivity contribution in [1.29, 1.82) is 0 Å². The minimum atomic E-state index is -0.672. The molecule has 176 valence electrons. The average molecular weight is 566 g/mol. The van der Waals surface area contributed by atoms with Crippen LogP contribution in [-0.4, -0.2) is 74.2 Å². The Hall–Kier alpha value is -2.34. The number of morpholine rings is 1. The Balaban J connectivity index is 1.45. The van der Waals surface area contributed by atoms with E-state index in [9.17, 15) is 14.3 Å². The van der Waals surface area contributed by atoms with Gasteiger partial charge in [-0.15, -0.1) is 0 Å². The molecule has 1 fully saturated rings. The van der Waals surface area contributed by atoms with Gasteiger partial charge in [-0.1, -0.05) is 0 Å². The second-order valence-electron chi connectivity index (χ2n) is 7.72. The number of hydrogen-bond donors (Lipinski definition) is 2. The molecule has 2 heterocycles. The van der Waals surface area contributed by atoms with Gasteiger partial charge in [0, 0.05) is 0 Å². The van der Waals surface area contributed by atoms with Gasteiger partial charge in [-0.2, -0.15) is 0 Å². The molecule has 0 saturated carbocycles. The Morgan fingerprint density at radius 2 is 2.03 bits per heavy atom. The van der Waals surface area contributed by atoms with Crippen molar-refractivity contribution in [1.82, 2.24) is 10.2 Å². The average Bonchev–Trinajstić information content (AvgIpc) is 3.25. The number of ether oxygens (including phenoxy) is 2. The fraction of sp³-hybridized carbons (Fsp3) is 0.333. The Labute approximate surface area is 202 Å². The summed E-state index contributed by atoms with van der Waals surface area (Å²) in [4.78, 5) is 15.0. The first-order chi connectivity index (χ1) is 16.0. The van der Waals surface area contributed by atoms with Crippen LogP contribution < -0.4 is 31.5 Å². The molecule has 2 aromatic carbocycles. The van der Waals surface area contributed by atoms with Crippen LogP contribution in [0, 0.1) is 9.39 Å². The maximum atomic E-state index is 13.2. The SMILES string of the molecule is COc1c(C(=O)NCC(O)CN2CCOCC2)ccc2c1C(/C=C/c1ccc(F)cc1)=N[I-]2. The molecule has 2 aliphatic rings. The van der Waals surface area contributed by atoms with Gasteiger partial charge in [0.1, 0.15) is 0 Å². The molecule has 2 N–H and O–H groups in total. The summed E-state index contributed by atoms with van der Waals surface area (Å²) in [5.74, 6) is -0.107. The molecule has 0 aliphatic carbocycles. The van der Waals surface area contributed by atoms with Crippen molar-refractivity contribution >= 4 is 17.7 Å². The number of nitrogens with one attached hydrogen (secondary N) is 1. The summed E-state index contributed by atoms with van der Waals surface area (Å²) < 4.78 is 29.9. The van der Waals surface area contributed by atoms with Crippen molar-refractivity contribution in [3.63, 3.8) is 0 Å². The number of methoxy groups -OCH3 is 1. The van der Waals surface area contributed by atoms with Gasteiger partial charge in [0.2, 0.25) is 0 Å². The van der Waals surface area contributed by atoms with Crippen LogP contribution in [0.3, 0.4) is 0 Å². The number of β-amino-alcohol motifs (C(OH)–C–C–N with tert-alkyl or cyclic N) is 1. The number of fused-ring (bicyclic) bond motifs is 1. The third-order valence-electron chi connectivity index (χ3n) is 5.41. The number of aliphatic hydroxyl groups excluding tert-OH is 1. The molecule has 2 aliphatic heterocycles. The van der Waals surface area contributed by atoms with E-state index >= 15 is 0 Å². The number of allylic oxidation sites excluding steroid dienone is 1. The van der Waals surface area contributed by atoms with Crippen LogP contribution in [0.2, 0.25) is 0 Å². The zero-order valence-corrected chi connectivity index (χ0v) is 20.4. The minimum absolute atomic E-state index is 0.148. The Bertz CT molecular complexity index is 1050. The van der Waals surface area contributed by atoms with Gasteiger partial charge in [0.25, 0.3) is 0 Å². The predicted octanol–water partition coefficient (Wildman–Crippen LogP) is -1.05. The number of benzene rings is 2. The number of amides is 1. The van der Waals surface area contributed by atoms with Gasteiger partial charge in [-0.3, -0.25) is 0 Å². The van der Waals surface area contributed by atoms with E-state index in [1.165, 1.54) is 19.2 Å². The topological polar surface area (TPSA) is 83.4 Å². The molecule has 2 aromatic rings. The molecule has 0 spiro atoms. The van der Waals surface area contributed by atoms with Crippen LogP contribution in [0.4, 0.5) is 4.39 Å². The zero-order valence-electron chi connectivity index (χ0n) is 18.3. The normalized spacial score (nSPS) is 17.2. The Morgan fingerprint density at radius 3 is 2.76 bits per heavy atom. The molecule has 9 heteroatoms. The summed E-state index contributed by atoms with van der Waals surface area (Å²) in [7, 11) is 1.54. The van der Waals surface area contributed by atoms with E-state index in [0.29, 0.717) is 31.1 Å². The van der Waals surface area contributed by atoms with Crippen molar-refractivity contribution in [2.45, 2.75) is 6.10 Å². The molecule has 1 unspecified atom stereocenters. The van der Waals surface area contributed by atoms with Crippen molar-refractivity contribution in [2.24, 2.45) is 3.21 Å². The standard InChI is InChI=1S/C24H26FIN3O4/c1-32-23-19(24(31)27-14-18(30)15-29-10-12-33-13-11-29)7-8-20-22(23)21(28-26-20)9-4-16-2-5-17(25)6-3-16/h2-9,18,30H,10-15H2,1H3,(H,27,31)/q-1/b9-4+. The number of nitrogens with zero attached hydrogens (tertiary/aromatic N) is 2. The Morgan fingerprint density at radius 1 is 1.27 bits per heavy atom. The van der Waals surface area contributed by atoms with Gasteiger partial charge in [-0.05, 0) is 0 Å². The monoisotopic (exact) mass is 566 g/mol. The van der Waals surface area contributed by atoms with Crippen LogP contribution in [0.5, 0.6) is 5.75 Å². The van der Waals surface area contributed by atoms with Gasteiger partial charge >= 0.3 is 199 Å². The summed E-state index contributed by atoms with van der Waals surface area (Å²) in [5, 5.41) is 13.2. The van der Waals surface area contributed by atoms with Crippen molar-refractivity contribution in [2.75, 3.05) is 46.5 Å². The van der Waals surface area contributed by atoms with Crippen molar-refractivity contribution in [3.8, 4) is 5.75 Å². The van der Waals surface area contributed by atoms with Crippen molar-refractivity contribution in [3.05, 3.63) is 68.6 Å².